The molecule has 1 saturated heterocycles. The number of anilines is 1. The molecule has 3 heterocycles. The third-order valence-corrected chi connectivity index (χ3v) is 4.85. The van der Waals surface area contributed by atoms with Crippen LogP contribution in [0.15, 0.2) is 53.1 Å². The topological polar surface area (TPSA) is 74.2 Å². The number of aromatic nitrogens is 2. The maximum atomic E-state index is 12.8. The van der Waals surface area contributed by atoms with Crippen LogP contribution in [0.5, 0.6) is 0 Å². The molecule has 1 aliphatic heterocycles. The van der Waals surface area contributed by atoms with Gasteiger partial charge in [0.2, 0.25) is 0 Å². The van der Waals surface area contributed by atoms with Crippen molar-refractivity contribution in [1.29, 1.82) is 0 Å². The van der Waals surface area contributed by atoms with Crippen molar-refractivity contribution in [1.82, 2.24) is 15.1 Å². The summed E-state index contributed by atoms with van der Waals surface area (Å²) in [6.45, 7) is 3.36. The average molecular weight is 350 g/mol. The molecule has 1 aromatic carbocycles. The molecule has 0 unspecified atom stereocenters. The molecule has 6 nitrogen and oxygen atoms in total. The van der Waals surface area contributed by atoms with E-state index < -0.39 is 0 Å². The number of benzene rings is 1. The van der Waals surface area contributed by atoms with Crippen molar-refractivity contribution in [2.75, 3.05) is 18.4 Å². The van der Waals surface area contributed by atoms with Crippen molar-refractivity contribution >= 4 is 11.7 Å². The van der Waals surface area contributed by atoms with Gasteiger partial charge in [-0.25, -0.2) is 4.79 Å². The van der Waals surface area contributed by atoms with Gasteiger partial charge in [-0.15, -0.1) is 0 Å². The summed E-state index contributed by atoms with van der Waals surface area (Å²) in [5, 5.41) is 10.1. The summed E-state index contributed by atoms with van der Waals surface area (Å²) in [6.07, 6.45) is 3.81. The Morgan fingerprint density at radius 2 is 2.15 bits per heavy atom. The number of carbonyl (C=O) groups is 1. The lowest BCUT2D eigenvalue weighted by Crippen LogP contribution is -2.41. The molecule has 0 aliphatic carbocycles. The lowest BCUT2D eigenvalue weighted by atomic mass is 9.95. The van der Waals surface area contributed by atoms with Gasteiger partial charge in [-0.05, 0) is 50.1 Å². The Balaban J connectivity index is 1.50. The van der Waals surface area contributed by atoms with Gasteiger partial charge in [-0.2, -0.15) is 5.10 Å². The Kier molecular flexibility index (Phi) is 4.48. The highest BCUT2D eigenvalue weighted by Crippen LogP contribution is 2.30. The summed E-state index contributed by atoms with van der Waals surface area (Å²) < 4.78 is 5.73. The highest BCUT2D eigenvalue weighted by Gasteiger charge is 2.26. The maximum Gasteiger partial charge on any atom is 0.321 e. The number of hydrogen-bond acceptors (Lipinski definition) is 3. The second-order valence-electron chi connectivity index (χ2n) is 6.68. The smallest absolute Gasteiger partial charge is 0.321 e. The highest BCUT2D eigenvalue weighted by molar-refractivity contribution is 5.94. The quantitative estimate of drug-likeness (QED) is 0.736. The summed E-state index contributed by atoms with van der Waals surface area (Å²) in [5.41, 5.74) is 2.74. The first-order valence-corrected chi connectivity index (χ1v) is 8.92. The zero-order chi connectivity index (χ0) is 17.9. The number of furan rings is 1. The molecule has 0 bridgehead atoms. The van der Waals surface area contributed by atoms with Crippen molar-refractivity contribution in [3.05, 3.63) is 60.1 Å². The van der Waals surface area contributed by atoms with E-state index in [1.54, 1.807) is 6.20 Å². The van der Waals surface area contributed by atoms with E-state index in [0.717, 1.165) is 47.9 Å². The van der Waals surface area contributed by atoms with Crippen molar-refractivity contribution in [2.45, 2.75) is 25.7 Å². The number of rotatable bonds is 3. The second kappa shape index (κ2) is 7.07. The van der Waals surface area contributed by atoms with Crippen LogP contribution in [0.3, 0.4) is 0 Å². The zero-order valence-electron chi connectivity index (χ0n) is 14.7. The van der Waals surface area contributed by atoms with Crippen LogP contribution in [0.4, 0.5) is 10.5 Å². The molecule has 3 aromatic rings. The minimum absolute atomic E-state index is 0.0788. The summed E-state index contributed by atoms with van der Waals surface area (Å²) in [5.74, 6) is 1.91. The van der Waals surface area contributed by atoms with Crippen LogP contribution < -0.4 is 5.32 Å². The number of nitrogens with zero attached hydrogens (tertiary/aromatic N) is 2. The average Bonchev–Trinajstić information content (AvgIpc) is 3.34. The van der Waals surface area contributed by atoms with E-state index in [9.17, 15) is 4.79 Å². The van der Waals surface area contributed by atoms with E-state index in [-0.39, 0.29) is 6.03 Å². The van der Waals surface area contributed by atoms with Gasteiger partial charge in [0.25, 0.3) is 0 Å². The van der Waals surface area contributed by atoms with Gasteiger partial charge in [0, 0.05) is 36.5 Å². The standard InChI is InChI=1S/C20H22N4O2/c1-14-8-9-19(26-14)16-6-2-3-7-18(16)22-20(25)24-12-4-5-15(13-24)17-10-11-21-23-17/h2-3,6-11,15H,4-5,12-13H2,1H3,(H,21,23)(H,22,25)/t15-/m0/s1. The third-order valence-electron chi connectivity index (χ3n) is 4.85. The Labute approximate surface area is 152 Å². The molecule has 2 aromatic heterocycles. The van der Waals surface area contributed by atoms with E-state index in [1.165, 1.54) is 0 Å². The molecule has 0 radical (unpaired) electrons. The van der Waals surface area contributed by atoms with Gasteiger partial charge in [-0.1, -0.05) is 12.1 Å². The van der Waals surface area contributed by atoms with Crippen molar-refractivity contribution < 1.29 is 9.21 Å². The SMILES string of the molecule is Cc1ccc(-c2ccccc2NC(=O)N2CCC[C@H](c3ccn[nH]3)C2)o1. The number of para-hydroxylation sites is 1. The Hall–Kier alpha value is -3.02. The minimum atomic E-state index is -0.0788. The Morgan fingerprint density at radius 3 is 2.92 bits per heavy atom. The van der Waals surface area contributed by atoms with Gasteiger partial charge < -0.3 is 14.6 Å². The minimum Gasteiger partial charge on any atom is -0.461 e. The highest BCUT2D eigenvalue weighted by atomic mass is 16.3. The van der Waals surface area contributed by atoms with E-state index in [4.69, 9.17) is 4.42 Å². The number of likely N-dealkylation sites (tertiary alicyclic amines) is 1. The van der Waals surface area contributed by atoms with Gasteiger partial charge in [-0.3, -0.25) is 5.10 Å². The predicted molar refractivity (Wildman–Crippen MR) is 100 cm³/mol. The van der Waals surface area contributed by atoms with Crippen LogP contribution in [-0.2, 0) is 0 Å². The van der Waals surface area contributed by atoms with Gasteiger partial charge in [0.05, 0.1) is 5.69 Å². The number of nitrogens with one attached hydrogen (secondary N) is 2. The van der Waals surface area contributed by atoms with Crippen LogP contribution in [-0.4, -0.2) is 34.2 Å². The van der Waals surface area contributed by atoms with E-state index in [0.29, 0.717) is 12.5 Å². The number of carbonyl (C=O) groups excluding carboxylic acids is 1. The number of urea groups is 1. The first-order valence-electron chi connectivity index (χ1n) is 8.92. The summed E-state index contributed by atoms with van der Waals surface area (Å²) in [6, 6.07) is 13.5. The number of H-pyrrole nitrogens is 1. The Bertz CT molecular complexity index is 885. The number of piperidine rings is 1. The maximum absolute atomic E-state index is 12.8. The molecule has 0 spiro atoms. The molecule has 6 heteroatoms. The molecule has 1 atom stereocenters. The molecular formula is C20H22N4O2. The van der Waals surface area contributed by atoms with E-state index >= 15 is 0 Å². The fourth-order valence-electron chi connectivity index (χ4n) is 3.49. The first-order chi connectivity index (χ1) is 12.7. The molecule has 4 rings (SSSR count). The largest absolute Gasteiger partial charge is 0.461 e. The van der Waals surface area contributed by atoms with E-state index in [2.05, 4.69) is 15.5 Å². The predicted octanol–water partition coefficient (Wildman–Crippen LogP) is 4.39. The molecular weight excluding hydrogens is 328 g/mol. The normalized spacial score (nSPS) is 17.3. The summed E-state index contributed by atoms with van der Waals surface area (Å²) in [4.78, 5) is 14.7. The first kappa shape index (κ1) is 16.4. The van der Waals surface area contributed by atoms with Gasteiger partial charge >= 0.3 is 6.03 Å². The number of hydrogen-bond donors (Lipinski definition) is 2. The monoisotopic (exact) mass is 350 g/mol. The lowest BCUT2D eigenvalue weighted by Gasteiger charge is -2.32. The molecule has 0 saturated carbocycles. The fraction of sp³-hybridized carbons (Fsp3) is 0.300. The second-order valence-corrected chi connectivity index (χ2v) is 6.68. The van der Waals surface area contributed by atoms with Crippen molar-refractivity contribution in [2.24, 2.45) is 0 Å². The molecule has 1 fully saturated rings. The number of aromatic amines is 1. The van der Waals surface area contributed by atoms with Crippen LogP contribution in [0.25, 0.3) is 11.3 Å². The van der Waals surface area contributed by atoms with Crippen LogP contribution in [0.1, 0.15) is 30.2 Å². The Morgan fingerprint density at radius 1 is 1.27 bits per heavy atom. The molecule has 2 amide bonds. The van der Waals surface area contributed by atoms with Crippen molar-refractivity contribution in [3.63, 3.8) is 0 Å². The van der Waals surface area contributed by atoms with Crippen LogP contribution in [0.2, 0.25) is 0 Å². The number of aryl methyl sites for hydroxylation is 1. The lowest BCUT2D eigenvalue weighted by molar-refractivity contribution is 0.192. The zero-order valence-corrected chi connectivity index (χ0v) is 14.7. The summed E-state index contributed by atoms with van der Waals surface area (Å²) >= 11 is 0. The van der Waals surface area contributed by atoms with Crippen LogP contribution >= 0.6 is 0 Å². The van der Waals surface area contributed by atoms with Crippen LogP contribution in [0, 0.1) is 6.92 Å². The molecule has 1 aliphatic rings. The van der Waals surface area contributed by atoms with Crippen molar-refractivity contribution in [3.8, 4) is 11.3 Å². The van der Waals surface area contributed by atoms with Gasteiger partial charge in [0.15, 0.2) is 0 Å². The molecule has 26 heavy (non-hydrogen) atoms. The third kappa shape index (κ3) is 3.35. The fourth-order valence-corrected chi connectivity index (χ4v) is 3.49. The molecule has 134 valence electrons. The number of amides is 2. The summed E-state index contributed by atoms with van der Waals surface area (Å²) in [7, 11) is 0. The van der Waals surface area contributed by atoms with Gasteiger partial charge in [0.1, 0.15) is 11.5 Å². The van der Waals surface area contributed by atoms with E-state index in [1.807, 2.05) is 54.3 Å². The molecule has 2 N–H and O–H groups in total.